The van der Waals surface area contributed by atoms with Crippen LogP contribution in [0.5, 0.6) is 5.75 Å². The van der Waals surface area contributed by atoms with Crippen molar-refractivity contribution in [2.75, 3.05) is 5.43 Å². The van der Waals surface area contributed by atoms with Gasteiger partial charge in [0, 0.05) is 0 Å². The van der Waals surface area contributed by atoms with Gasteiger partial charge in [0.1, 0.15) is 15.8 Å². The molecule has 1 aromatic carbocycles. The zero-order valence-electron chi connectivity index (χ0n) is 12.0. The normalized spacial score (nSPS) is 11.1. The number of hydrazone groups is 1. The summed E-state index contributed by atoms with van der Waals surface area (Å²) < 4.78 is 28.4. The third kappa shape index (κ3) is 4.91. The Bertz CT molecular complexity index is 817. The summed E-state index contributed by atoms with van der Waals surface area (Å²) in [6.45, 7) is -2.91. The van der Waals surface area contributed by atoms with Gasteiger partial charge in [-0.15, -0.1) is 0 Å². The number of hydrogen-bond acceptors (Lipinski definition) is 5. The Labute approximate surface area is 155 Å². The number of ether oxygens (including phenoxy) is 1. The van der Waals surface area contributed by atoms with E-state index in [4.69, 9.17) is 39.9 Å². The molecule has 132 valence electrons. The summed E-state index contributed by atoms with van der Waals surface area (Å²) in [6, 6.07) is 5.63. The first-order chi connectivity index (χ1) is 11.8. The lowest BCUT2D eigenvalue weighted by atomic mass is 10.2. The van der Waals surface area contributed by atoms with Crippen LogP contribution in [0.15, 0.2) is 29.4 Å². The molecule has 2 rings (SSSR count). The number of pyridine rings is 1. The van der Waals surface area contributed by atoms with Gasteiger partial charge in [-0.3, -0.25) is 5.43 Å². The van der Waals surface area contributed by atoms with Crippen LogP contribution in [0.3, 0.4) is 0 Å². The summed E-state index contributed by atoms with van der Waals surface area (Å²) in [6.07, 6.45) is 1.33. The number of rotatable bonds is 6. The summed E-state index contributed by atoms with van der Waals surface area (Å²) in [5, 5.41) is 12.2. The van der Waals surface area contributed by atoms with Crippen molar-refractivity contribution in [3.05, 3.63) is 50.7 Å². The van der Waals surface area contributed by atoms with Crippen molar-refractivity contribution in [1.82, 2.24) is 4.98 Å². The first-order valence-corrected chi connectivity index (χ1v) is 7.54. The van der Waals surface area contributed by atoms with Gasteiger partial charge in [-0.25, -0.2) is 9.78 Å². The minimum Gasteiger partial charge on any atom is -0.476 e. The second-order valence-electron chi connectivity index (χ2n) is 4.38. The van der Waals surface area contributed by atoms with Crippen molar-refractivity contribution in [3.63, 3.8) is 0 Å². The van der Waals surface area contributed by atoms with E-state index >= 15 is 0 Å². The van der Waals surface area contributed by atoms with Gasteiger partial charge in [-0.1, -0.05) is 34.8 Å². The van der Waals surface area contributed by atoms with E-state index in [1.807, 2.05) is 0 Å². The largest absolute Gasteiger partial charge is 0.476 e. The predicted octanol–water partition coefficient (Wildman–Crippen LogP) is 4.79. The Balaban J connectivity index is 2.18. The van der Waals surface area contributed by atoms with Gasteiger partial charge in [-0.05, 0) is 29.8 Å². The Morgan fingerprint density at radius 2 is 1.88 bits per heavy atom. The van der Waals surface area contributed by atoms with Gasteiger partial charge in [0.15, 0.2) is 10.8 Å². The summed E-state index contributed by atoms with van der Waals surface area (Å²) in [7, 11) is 0. The van der Waals surface area contributed by atoms with Crippen molar-refractivity contribution in [2.24, 2.45) is 5.10 Å². The van der Waals surface area contributed by atoms with Crippen LogP contribution in [-0.2, 0) is 0 Å². The van der Waals surface area contributed by atoms with E-state index in [0.29, 0.717) is 5.56 Å². The summed E-state index contributed by atoms with van der Waals surface area (Å²) in [4.78, 5) is 14.6. The SMILES string of the molecule is O=C(O)c1nc(Cl)c(Cl)c(N/N=C/c2ccc(OC(F)F)cc2)c1Cl. The molecule has 6 nitrogen and oxygen atoms in total. The van der Waals surface area contributed by atoms with Crippen LogP contribution in [-0.4, -0.2) is 28.9 Å². The predicted molar refractivity (Wildman–Crippen MR) is 90.5 cm³/mol. The number of hydrogen-bond donors (Lipinski definition) is 2. The Morgan fingerprint density at radius 1 is 1.24 bits per heavy atom. The summed E-state index contributed by atoms with van der Waals surface area (Å²) in [5.74, 6) is -1.39. The lowest BCUT2D eigenvalue weighted by Crippen LogP contribution is -2.05. The van der Waals surface area contributed by atoms with Crippen molar-refractivity contribution in [1.29, 1.82) is 0 Å². The number of carbonyl (C=O) groups is 1. The second-order valence-corrected chi connectivity index (χ2v) is 5.49. The molecule has 1 heterocycles. The van der Waals surface area contributed by atoms with Gasteiger partial charge in [0.2, 0.25) is 0 Å². The maximum atomic E-state index is 12.1. The van der Waals surface area contributed by atoms with Crippen molar-refractivity contribution in [2.45, 2.75) is 6.61 Å². The molecule has 0 unspecified atom stereocenters. The third-order valence-electron chi connectivity index (χ3n) is 2.74. The van der Waals surface area contributed by atoms with Crippen LogP contribution in [0.4, 0.5) is 14.5 Å². The molecule has 0 saturated heterocycles. The maximum Gasteiger partial charge on any atom is 0.387 e. The summed E-state index contributed by atoms with van der Waals surface area (Å²) >= 11 is 17.6. The molecule has 2 aromatic rings. The van der Waals surface area contributed by atoms with E-state index in [9.17, 15) is 13.6 Å². The molecule has 0 saturated carbocycles. The molecule has 0 aliphatic carbocycles. The number of anilines is 1. The van der Waals surface area contributed by atoms with Crippen molar-refractivity contribution < 1.29 is 23.4 Å². The topological polar surface area (TPSA) is 83.8 Å². The molecule has 0 bridgehead atoms. The van der Waals surface area contributed by atoms with E-state index < -0.39 is 18.3 Å². The number of nitrogens with one attached hydrogen (secondary N) is 1. The van der Waals surface area contributed by atoms with Crippen LogP contribution >= 0.6 is 34.8 Å². The van der Waals surface area contributed by atoms with E-state index in [1.165, 1.54) is 30.5 Å². The monoisotopic (exact) mass is 409 g/mol. The Hall–Kier alpha value is -2.16. The molecule has 0 spiro atoms. The average Bonchev–Trinajstić information content (AvgIpc) is 2.55. The molecular weight excluding hydrogens is 403 g/mol. The molecule has 1 aromatic heterocycles. The van der Waals surface area contributed by atoms with Crippen molar-refractivity contribution >= 4 is 52.7 Å². The van der Waals surface area contributed by atoms with Gasteiger partial charge in [0.25, 0.3) is 0 Å². The number of aromatic carboxylic acids is 1. The highest BCUT2D eigenvalue weighted by Gasteiger charge is 2.20. The van der Waals surface area contributed by atoms with Crippen molar-refractivity contribution in [3.8, 4) is 5.75 Å². The molecule has 0 amide bonds. The fourth-order valence-corrected chi connectivity index (χ4v) is 2.33. The first-order valence-electron chi connectivity index (χ1n) is 6.41. The van der Waals surface area contributed by atoms with Crippen LogP contribution in [0.25, 0.3) is 0 Å². The molecule has 2 N–H and O–H groups in total. The fourth-order valence-electron chi connectivity index (χ4n) is 1.66. The highest BCUT2D eigenvalue weighted by atomic mass is 35.5. The van der Waals surface area contributed by atoms with E-state index in [2.05, 4.69) is 20.2 Å². The quantitative estimate of drug-likeness (QED) is 0.406. The highest BCUT2D eigenvalue weighted by Crippen LogP contribution is 2.36. The lowest BCUT2D eigenvalue weighted by molar-refractivity contribution is -0.0498. The van der Waals surface area contributed by atoms with Gasteiger partial charge in [-0.2, -0.15) is 13.9 Å². The molecule has 0 fully saturated rings. The first kappa shape index (κ1) is 19.2. The number of aromatic nitrogens is 1. The smallest absolute Gasteiger partial charge is 0.387 e. The van der Waals surface area contributed by atoms with Crippen LogP contribution in [0.2, 0.25) is 15.2 Å². The number of carboxylic acid groups (broad SMARTS) is 1. The fraction of sp³-hybridized carbons (Fsp3) is 0.0714. The molecule has 0 aliphatic heterocycles. The van der Waals surface area contributed by atoms with Crippen LogP contribution in [0, 0.1) is 0 Å². The van der Waals surface area contributed by atoms with E-state index in [1.54, 1.807) is 0 Å². The van der Waals surface area contributed by atoms with Gasteiger partial charge in [0.05, 0.1) is 11.9 Å². The standard InChI is InChI=1S/C14H8Cl3F2N3O3/c15-8-10(9(16)12(17)21-11(8)13(23)24)22-20-5-6-1-3-7(4-2-6)25-14(18)19/h1-5,14H,(H,21,22)(H,23,24)/b20-5+. The molecule has 0 atom stereocenters. The maximum absolute atomic E-state index is 12.1. The number of halogens is 5. The zero-order chi connectivity index (χ0) is 18.6. The van der Waals surface area contributed by atoms with E-state index in [-0.39, 0.29) is 26.6 Å². The van der Waals surface area contributed by atoms with E-state index in [0.717, 1.165) is 0 Å². The lowest BCUT2D eigenvalue weighted by Gasteiger charge is -2.09. The number of nitrogens with zero attached hydrogens (tertiary/aromatic N) is 2. The van der Waals surface area contributed by atoms with Gasteiger partial charge < -0.3 is 9.84 Å². The third-order valence-corrected chi connectivity index (χ3v) is 3.84. The minimum atomic E-state index is -2.91. The highest BCUT2D eigenvalue weighted by molar-refractivity contribution is 6.46. The number of alkyl halides is 2. The molecule has 0 aliphatic rings. The minimum absolute atomic E-state index is 0.00165. The zero-order valence-corrected chi connectivity index (χ0v) is 14.3. The number of benzene rings is 1. The Kier molecular flexibility index (Phi) is 6.35. The van der Waals surface area contributed by atoms with Crippen LogP contribution < -0.4 is 10.2 Å². The molecular formula is C14H8Cl3F2N3O3. The van der Waals surface area contributed by atoms with Gasteiger partial charge >= 0.3 is 12.6 Å². The number of carboxylic acids is 1. The Morgan fingerprint density at radius 3 is 2.44 bits per heavy atom. The average molecular weight is 411 g/mol. The molecule has 25 heavy (non-hydrogen) atoms. The summed E-state index contributed by atoms with van der Waals surface area (Å²) in [5.41, 5.74) is 2.50. The molecule has 0 radical (unpaired) electrons. The van der Waals surface area contributed by atoms with Crippen LogP contribution in [0.1, 0.15) is 16.1 Å². The second kappa shape index (κ2) is 8.28. The molecule has 11 heteroatoms.